The number of carboxylic acid groups (broad SMARTS) is 1. The molecule has 0 aliphatic carbocycles. The lowest BCUT2D eigenvalue weighted by Gasteiger charge is -2.06. The molecule has 0 radical (unpaired) electrons. The van der Waals surface area contributed by atoms with Crippen LogP contribution in [-0.2, 0) is 4.79 Å². The maximum Gasteiger partial charge on any atom is 0.306 e. The normalized spacial score (nSPS) is 13.4. The summed E-state index contributed by atoms with van der Waals surface area (Å²) in [6, 6.07) is 0. The van der Waals surface area contributed by atoms with E-state index in [1.54, 1.807) is 0 Å². The molecule has 0 spiro atoms. The second-order valence-corrected chi connectivity index (χ2v) is 3.28. The average Bonchev–Trinajstić information content (AvgIpc) is 2.10. The number of hydrogen-bond acceptors (Lipinski definition) is 1. The van der Waals surface area contributed by atoms with E-state index in [1.165, 1.54) is 0 Å². The number of unbranched alkanes of at least 4 members (excludes halogenated alkanes) is 1. The molecule has 0 amide bonds. The predicted molar refractivity (Wildman–Crippen MR) is 54.7 cm³/mol. The fraction of sp³-hybridized carbons (Fsp3) is 0.727. The summed E-state index contributed by atoms with van der Waals surface area (Å²) in [5.74, 6) is -0.822. The molecule has 2 heteroatoms. The van der Waals surface area contributed by atoms with Crippen LogP contribution >= 0.6 is 0 Å². The van der Waals surface area contributed by atoms with Crippen LogP contribution in [0.1, 0.15) is 46.0 Å². The standard InChI is InChI=1S/C11H20O2/c1-3-5-6-7-8-9-10(4-2)11(12)13/h6-7,10H,3-5,8-9H2,1-2H3,(H,12,13)/b7-6+. The molecule has 0 saturated heterocycles. The summed E-state index contributed by atoms with van der Waals surface area (Å²) >= 11 is 0. The van der Waals surface area contributed by atoms with Crippen LogP contribution in [-0.4, -0.2) is 11.1 Å². The highest BCUT2D eigenvalue weighted by Crippen LogP contribution is 2.11. The molecular weight excluding hydrogens is 164 g/mol. The van der Waals surface area contributed by atoms with Crippen molar-refractivity contribution in [3.8, 4) is 0 Å². The predicted octanol–water partition coefficient (Wildman–Crippen LogP) is 3.23. The molecule has 0 aromatic carbocycles. The molecule has 13 heavy (non-hydrogen) atoms. The van der Waals surface area contributed by atoms with Crippen LogP contribution in [0.3, 0.4) is 0 Å². The van der Waals surface area contributed by atoms with Crippen molar-refractivity contribution in [1.82, 2.24) is 0 Å². The molecular formula is C11H20O2. The first kappa shape index (κ1) is 12.2. The van der Waals surface area contributed by atoms with Crippen LogP contribution in [0, 0.1) is 5.92 Å². The lowest BCUT2D eigenvalue weighted by molar-refractivity contribution is -0.142. The molecule has 1 unspecified atom stereocenters. The fourth-order valence-electron chi connectivity index (χ4n) is 1.20. The van der Waals surface area contributed by atoms with Crippen molar-refractivity contribution in [3.05, 3.63) is 12.2 Å². The van der Waals surface area contributed by atoms with E-state index >= 15 is 0 Å². The molecule has 0 saturated carbocycles. The molecule has 0 aromatic heterocycles. The van der Waals surface area contributed by atoms with Crippen molar-refractivity contribution in [3.63, 3.8) is 0 Å². The minimum Gasteiger partial charge on any atom is -0.481 e. The van der Waals surface area contributed by atoms with Crippen molar-refractivity contribution >= 4 is 5.97 Å². The number of aliphatic carboxylic acids is 1. The third kappa shape index (κ3) is 6.38. The number of carbonyl (C=O) groups is 1. The van der Waals surface area contributed by atoms with E-state index < -0.39 is 5.97 Å². The number of hydrogen-bond donors (Lipinski definition) is 1. The van der Waals surface area contributed by atoms with Gasteiger partial charge in [0.2, 0.25) is 0 Å². The van der Waals surface area contributed by atoms with Gasteiger partial charge in [0.1, 0.15) is 0 Å². The Labute approximate surface area is 80.7 Å². The van der Waals surface area contributed by atoms with Gasteiger partial charge in [-0.25, -0.2) is 0 Å². The summed E-state index contributed by atoms with van der Waals surface area (Å²) in [6.45, 7) is 4.06. The summed E-state index contributed by atoms with van der Waals surface area (Å²) in [7, 11) is 0. The molecule has 0 bridgehead atoms. The Balaban J connectivity index is 3.55. The minimum atomic E-state index is -0.661. The Hall–Kier alpha value is -0.790. The largest absolute Gasteiger partial charge is 0.481 e. The zero-order chi connectivity index (χ0) is 10.1. The molecule has 0 heterocycles. The van der Waals surface area contributed by atoms with Gasteiger partial charge in [-0.15, -0.1) is 0 Å². The summed E-state index contributed by atoms with van der Waals surface area (Å²) in [6.07, 6.45) is 8.88. The van der Waals surface area contributed by atoms with Gasteiger partial charge in [0.05, 0.1) is 5.92 Å². The van der Waals surface area contributed by atoms with Crippen molar-refractivity contribution in [2.45, 2.75) is 46.0 Å². The third-order valence-corrected chi connectivity index (χ3v) is 2.15. The topological polar surface area (TPSA) is 37.3 Å². The molecule has 1 N–H and O–H groups in total. The summed E-state index contributed by atoms with van der Waals surface area (Å²) in [5.41, 5.74) is 0. The van der Waals surface area contributed by atoms with E-state index in [4.69, 9.17) is 5.11 Å². The van der Waals surface area contributed by atoms with E-state index in [-0.39, 0.29) is 5.92 Å². The number of rotatable bonds is 7. The zero-order valence-corrected chi connectivity index (χ0v) is 8.62. The minimum absolute atomic E-state index is 0.161. The monoisotopic (exact) mass is 184 g/mol. The number of carboxylic acids is 1. The summed E-state index contributed by atoms with van der Waals surface area (Å²) in [4.78, 5) is 10.6. The van der Waals surface area contributed by atoms with Crippen LogP contribution in [0.2, 0.25) is 0 Å². The van der Waals surface area contributed by atoms with E-state index in [0.717, 1.165) is 32.1 Å². The van der Waals surface area contributed by atoms with Gasteiger partial charge in [0.25, 0.3) is 0 Å². The Morgan fingerprint density at radius 2 is 1.92 bits per heavy atom. The SMILES string of the molecule is CCC/C=C/CCC(CC)C(=O)O. The second kappa shape index (κ2) is 7.84. The van der Waals surface area contributed by atoms with Crippen LogP contribution in [0.5, 0.6) is 0 Å². The summed E-state index contributed by atoms with van der Waals surface area (Å²) < 4.78 is 0. The maximum atomic E-state index is 10.6. The molecule has 0 aromatic rings. The quantitative estimate of drug-likeness (QED) is 0.617. The van der Waals surface area contributed by atoms with E-state index in [9.17, 15) is 4.79 Å². The van der Waals surface area contributed by atoms with Crippen molar-refractivity contribution in [1.29, 1.82) is 0 Å². The Morgan fingerprint density at radius 1 is 1.31 bits per heavy atom. The highest BCUT2D eigenvalue weighted by atomic mass is 16.4. The fourth-order valence-corrected chi connectivity index (χ4v) is 1.20. The lowest BCUT2D eigenvalue weighted by atomic mass is 10.0. The third-order valence-electron chi connectivity index (χ3n) is 2.15. The zero-order valence-electron chi connectivity index (χ0n) is 8.62. The van der Waals surface area contributed by atoms with Gasteiger partial charge in [0, 0.05) is 0 Å². The van der Waals surface area contributed by atoms with Crippen LogP contribution < -0.4 is 0 Å². The first-order valence-corrected chi connectivity index (χ1v) is 5.10. The van der Waals surface area contributed by atoms with Crippen molar-refractivity contribution in [2.75, 3.05) is 0 Å². The Kier molecular flexibility index (Phi) is 7.36. The van der Waals surface area contributed by atoms with Gasteiger partial charge in [-0.3, -0.25) is 4.79 Å². The van der Waals surface area contributed by atoms with Gasteiger partial charge < -0.3 is 5.11 Å². The van der Waals surface area contributed by atoms with Gasteiger partial charge in [-0.2, -0.15) is 0 Å². The second-order valence-electron chi connectivity index (χ2n) is 3.28. The highest BCUT2D eigenvalue weighted by Gasteiger charge is 2.12. The lowest BCUT2D eigenvalue weighted by Crippen LogP contribution is -2.11. The first-order chi connectivity index (χ1) is 6.22. The van der Waals surface area contributed by atoms with Gasteiger partial charge in [-0.1, -0.05) is 32.4 Å². The van der Waals surface area contributed by atoms with Crippen molar-refractivity contribution in [2.24, 2.45) is 5.92 Å². The van der Waals surface area contributed by atoms with Crippen LogP contribution in [0.4, 0.5) is 0 Å². The van der Waals surface area contributed by atoms with E-state index in [0.29, 0.717) is 0 Å². The van der Waals surface area contributed by atoms with Crippen molar-refractivity contribution < 1.29 is 9.90 Å². The average molecular weight is 184 g/mol. The molecule has 0 aliphatic heterocycles. The van der Waals surface area contributed by atoms with Crippen LogP contribution in [0.15, 0.2) is 12.2 Å². The molecule has 0 rings (SSSR count). The van der Waals surface area contributed by atoms with E-state index in [2.05, 4.69) is 19.1 Å². The van der Waals surface area contributed by atoms with E-state index in [1.807, 2.05) is 6.92 Å². The summed E-state index contributed by atoms with van der Waals surface area (Å²) in [5, 5.41) is 8.75. The first-order valence-electron chi connectivity index (χ1n) is 5.10. The Bertz CT molecular complexity index is 161. The molecule has 2 nitrogen and oxygen atoms in total. The molecule has 0 fully saturated rings. The van der Waals surface area contributed by atoms with Gasteiger partial charge in [-0.05, 0) is 25.7 Å². The maximum absolute atomic E-state index is 10.6. The number of allylic oxidation sites excluding steroid dienone is 2. The highest BCUT2D eigenvalue weighted by molar-refractivity contribution is 5.69. The van der Waals surface area contributed by atoms with Crippen LogP contribution in [0.25, 0.3) is 0 Å². The Morgan fingerprint density at radius 3 is 2.38 bits per heavy atom. The molecule has 76 valence electrons. The van der Waals surface area contributed by atoms with Gasteiger partial charge in [0.15, 0.2) is 0 Å². The molecule has 1 atom stereocenters. The molecule has 0 aliphatic rings. The van der Waals surface area contributed by atoms with Gasteiger partial charge >= 0.3 is 5.97 Å². The smallest absolute Gasteiger partial charge is 0.306 e.